The molecule has 1 aliphatic carbocycles. The topological polar surface area (TPSA) is 78.3 Å². The maximum atomic E-state index is 5.41. The van der Waals surface area contributed by atoms with E-state index >= 15 is 0 Å². The minimum atomic E-state index is 0.509. The number of nitrogens with two attached hydrogens (primary N) is 1. The first kappa shape index (κ1) is 13.0. The Morgan fingerprint density at radius 3 is 2.89 bits per heavy atom. The van der Waals surface area contributed by atoms with Crippen molar-refractivity contribution in [1.82, 2.24) is 19.8 Å². The Morgan fingerprint density at radius 1 is 1.26 bits per heavy atom. The quantitative estimate of drug-likeness (QED) is 0.844. The van der Waals surface area contributed by atoms with E-state index in [0.717, 1.165) is 15.8 Å². The molecule has 2 N–H and O–H groups in total. The van der Waals surface area contributed by atoms with Crippen LogP contribution in [0.3, 0.4) is 0 Å². The molecule has 3 rings (SSSR count). The summed E-state index contributed by atoms with van der Waals surface area (Å²) in [7, 11) is 0. The monoisotopic (exact) mass is 281 g/mol. The lowest BCUT2D eigenvalue weighted by atomic mass is 9.89. The largest absolute Gasteiger partial charge is 0.373 e. The van der Waals surface area contributed by atoms with E-state index in [0.29, 0.717) is 25.7 Å². The summed E-state index contributed by atoms with van der Waals surface area (Å²) in [6.45, 7) is 1.61. The van der Waals surface area contributed by atoms with Crippen molar-refractivity contribution < 1.29 is 4.74 Å². The summed E-state index contributed by atoms with van der Waals surface area (Å²) in [6, 6.07) is 0. The van der Waals surface area contributed by atoms with E-state index in [4.69, 9.17) is 10.5 Å². The lowest BCUT2D eigenvalue weighted by Crippen LogP contribution is -2.10. The average Bonchev–Trinajstić information content (AvgIpc) is 3.00. The number of aromatic nitrogens is 4. The van der Waals surface area contributed by atoms with Crippen molar-refractivity contribution in [2.75, 3.05) is 13.2 Å². The Balaban J connectivity index is 1.77. The van der Waals surface area contributed by atoms with Gasteiger partial charge in [0.25, 0.3) is 0 Å². The molecule has 1 saturated carbocycles. The van der Waals surface area contributed by atoms with Crippen LogP contribution >= 0.6 is 11.3 Å². The van der Waals surface area contributed by atoms with Crippen LogP contribution in [0.15, 0.2) is 0 Å². The molecular formula is C12H19N5OS. The van der Waals surface area contributed by atoms with Gasteiger partial charge in [-0.05, 0) is 12.8 Å². The Kier molecular flexibility index (Phi) is 4.05. The molecule has 0 radical (unpaired) electrons. The summed E-state index contributed by atoms with van der Waals surface area (Å²) in [5.74, 6) is 1.54. The molecule has 0 saturated heterocycles. The summed E-state index contributed by atoms with van der Waals surface area (Å²) >= 11 is 1.54. The first-order chi connectivity index (χ1) is 9.38. The molecule has 0 aromatic carbocycles. The molecule has 19 heavy (non-hydrogen) atoms. The van der Waals surface area contributed by atoms with Gasteiger partial charge in [0.05, 0.1) is 6.61 Å². The lowest BCUT2D eigenvalue weighted by Gasteiger charge is -2.18. The third kappa shape index (κ3) is 2.77. The van der Waals surface area contributed by atoms with Crippen LogP contribution in [0.1, 0.15) is 48.9 Å². The van der Waals surface area contributed by atoms with Crippen LogP contribution in [0.5, 0.6) is 0 Å². The van der Waals surface area contributed by atoms with E-state index in [-0.39, 0.29) is 0 Å². The summed E-state index contributed by atoms with van der Waals surface area (Å²) in [5.41, 5.74) is 5.40. The standard InChI is InChI=1S/C12H19N5OS/c13-6-7-18-8-10-16-17-11(14-15-12(17)19-10)9-4-2-1-3-5-9/h9H,1-8,13H2. The molecule has 0 amide bonds. The Morgan fingerprint density at radius 2 is 2.11 bits per heavy atom. The molecule has 2 heterocycles. The molecule has 0 unspecified atom stereocenters. The lowest BCUT2D eigenvalue weighted by molar-refractivity contribution is 0.127. The van der Waals surface area contributed by atoms with Crippen LogP contribution in [0, 0.1) is 0 Å². The van der Waals surface area contributed by atoms with Gasteiger partial charge in [-0.1, -0.05) is 30.6 Å². The van der Waals surface area contributed by atoms with Gasteiger partial charge in [-0.3, -0.25) is 0 Å². The third-order valence-corrected chi connectivity index (χ3v) is 4.39. The highest BCUT2D eigenvalue weighted by atomic mass is 32.1. The van der Waals surface area contributed by atoms with E-state index in [1.54, 1.807) is 11.3 Å². The molecular weight excluding hydrogens is 262 g/mol. The van der Waals surface area contributed by atoms with Crippen molar-refractivity contribution in [3.63, 3.8) is 0 Å². The molecule has 0 aliphatic heterocycles. The smallest absolute Gasteiger partial charge is 0.234 e. The second-order valence-electron chi connectivity index (χ2n) is 4.92. The number of hydrogen-bond donors (Lipinski definition) is 1. The van der Waals surface area contributed by atoms with Crippen LogP contribution in [-0.4, -0.2) is 33.0 Å². The molecule has 2 aromatic rings. The average molecular weight is 281 g/mol. The van der Waals surface area contributed by atoms with E-state index in [9.17, 15) is 0 Å². The highest BCUT2D eigenvalue weighted by molar-refractivity contribution is 7.16. The van der Waals surface area contributed by atoms with Crippen LogP contribution < -0.4 is 5.73 Å². The van der Waals surface area contributed by atoms with Crippen molar-refractivity contribution in [1.29, 1.82) is 0 Å². The van der Waals surface area contributed by atoms with Crippen LogP contribution in [-0.2, 0) is 11.3 Å². The maximum absolute atomic E-state index is 5.41. The number of hydrogen-bond acceptors (Lipinski definition) is 6. The van der Waals surface area contributed by atoms with E-state index in [2.05, 4.69) is 15.3 Å². The predicted molar refractivity (Wildman–Crippen MR) is 73.2 cm³/mol. The van der Waals surface area contributed by atoms with Gasteiger partial charge in [-0.15, -0.1) is 10.2 Å². The fraction of sp³-hybridized carbons (Fsp3) is 0.750. The van der Waals surface area contributed by atoms with Crippen molar-refractivity contribution in [3.8, 4) is 0 Å². The van der Waals surface area contributed by atoms with Crippen molar-refractivity contribution >= 4 is 16.3 Å². The van der Waals surface area contributed by atoms with E-state index < -0.39 is 0 Å². The zero-order chi connectivity index (χ0) is 13.1. The minimum absolute atomic E-state index is 0.509. The zero-order valence-electron chi connectivity index (χ0n) is 10.9. The maximum Gasteiger partial charge on any atom is 0.234 e. The van der Waals surface area contributed by atoms with Gasteiger partial charge in [0, 0.05) is 12.5 Å². The summed E-state index contributed by atoms with van der Waals surface area (Å²) < 4.78 is 7.32. The number of fused-ring (bicyclic) bond motifs is 1. The predicted octanol–water partition coefficient (Wildman–Crippen LogP) is 1.71. The first-order valence-corrected chi connectivity index (χ1v) is 7.69. The number of nitrogens with zero attached hydrogens (tertiary/aromatic N) is 4. The fourth-order valence-electron chi connectivity index (χ4n) is 2.59. The first-order valence-electron chi connectivity index (χ1n) is 6.87. The molecule has 1 aliphatic rings. The zero-order valence-corrected chi connectivity index (χ0v) is 11.7. The second kappa shape index (κ2) is 5.94. The SMILES string of the molecule is NCCOCc1nn2c(C3CCCCC3)nnc2s1. The van der Waals surface area contributed by atoms with Gasteiger partial charge in [0.2, 0.25) is 4.96 Å². The van der Waals surface area contributed by atoms with Crippen LogP contribution in [0.4, 0.5) is 0 Å². The molecule has 104 valence electrons. The highest BCUT2D eigenvalue weighted by Crippen LogP contribution is 2.32. The summed E-state index contributed by atoms with van der Waals surface area (Å²) in [6.07, 6.45) is 6.33. The van der Waals surface area contributed by atoms with Gasteiger partial charge in [0.15, 0.2) is 5.82 Å². The normalized spacial score (nSPS) is 17.3. The fourth-order valence-corrected chi connectivity index (χ4v) is 3.37. The Labute approximate surface area is 116 Å². The van der Waals surface area contributed by atoms with Crippen LogP contribution in [0.25, 0.3) is 4.96 Å². The van der Waals surface area contributed by atoms with Crippen LogP contribution in [0.2, 0.25) is 0 Å². The third-order valence-electron chi connectivity index (χ3n) is 3.51. The highest BCUT2D eigenvalue weighted by Gasteiger charge is 2.22. The molecule has 7 heteroatoms. The van der Waals surface area contributed by atoms with E-state index in [1.807, 2.05) is 4.52 Å². The molecule has 1 fully saturated rings. The second-order valence-corrected chi connectivity index (χ2v) is 5.97. The van der Waals surface area contributed by atoms with Gasteiger partial charge in [-0.2, -0.15) is 9.61 Å². The van der Waals surface area contributed by atoms with Gasteiger partial charge in [0.1, 0.15) is 11.6 Å². The summed E-state index contributed by atoms with van der Waals surface area (Å²) in [5, 5.41) is 14.1. The van der Waals surface area contributed by atoms with Crippen molar-refractivity contribution in [3.05, 3.63) is 10.8 Å². The number of rotatable bonds is 5. The molecule has 0 bridgehead atoms. The molecule has 2 aromatic heterocycles. The summed E-state index contributed by atoms with van der Waals surface area (Å²) in [4.78, 5) is 0.868. The molecule has 0 spiro atoms. The van der Waals surface area contributed by atoms with E-state index in [1.165, 1.54) is 32.1 Å². The number of ether oxygens (including phenoxy) is 1. The van der Waals surface area contributed by atoms with Crippen molar-refractivity contribution in [2.45, 2.75) is 44.6 Å². The van der Waals surface area contributed by atoms with Gasteiger partial charge >= 0.3 is 0 Å². The minimum Gasteiger partial charge on any atom is -0.373 e. The van der Waals surface area contributed by atoms with Gasteiger partial charge < -0.3 is 10.5 Å². The molecule has 0 atom stereocenters. The Hall–Kier alpha value is -1.05. The van der Waals surface area contributed by atoms with Crippen molar-refractivity contribution in [2.24, 2.45) is 5.73 Å². The van der Waals surface area contributed by atoms with Gasteiger partial charge in [-0.25, -0.2) is 0 Å². The Bertz CT molecular complexity index is 531. The molecule has 6 nitrogen and oxygen atoms in total.